The summed E-state index contributed by atoms with van der Waals surface area (Å²) in [6, 6.07) is 15.1. The van der Waals surface area contributed by atoms with Gasteiger partial charge < -0.3 is 10.1 Å². The molecule has 0 radical (unpaired) electrons. The molecule has 28 heavy (non-hydrogen) atoms. The number of aromatic amines is 1. The zero-order chi connectivity index (χ0) is 20.7. The normalized spacial score (nSPS) is 12.5. The molecule has 2 N–H and O–H groups in total. The molecule has 2 aromatic carbocycles. The molecule has 3 nitrogen and oxygen atoms in total. The molecule has 0 aliphatic carbocycles. The van der Waals surface area contributed by atoms with Crippen LogP contribution >= 0.6 is 11.8 Å². The maximum atomic E-state index is 10.8. The van der Waals surface area contributed by atoms with Gasteiger partial charge in [-0.05, 0) is 63.9 Å². The Bertz CT molecular complexity index is 987. The van der Waals surface area contributed by atoms with Gasteiger partial charge in [-0.15, -0.1) is 11.8 Å². The molecule has 1 aromatic heterocycles. The van der Waals surface area contributed by atoms with Crippen LogP contribution in [0.25, 0.3) is 22.2 Å². The van der Waals surface area contributed by atoms with Crippen LogP contribution < -0.4 is 0 Å². The van der Waals surface area contributed by atoms with Crippen LogP contribution in [0.15, 0.2) is 47.4 Å². The lowest BCUT2D eigenvalue weighted by Crippen LogP contribution is -2.16. The van der Waals surface area contributed by atoms with E-state index >= 15 is 0 Å². The lowest BCUT2D eigenvalue weighted by molar-refractivity contribution is -0.133. The lowest BCUT2D eigenvalue weighted by atomic mass is 9.79. The van der Waals surface area contributed by atoms with Gasteiger partial charge in [0, 0.05) is 21.5 Å². The van der Waals surface area contributed by atoms with Crippen molar-refractivity contribution in [3.8, 4) is 11.3 Å². The summed E-state index contributed by atoms with van der Waals surface area (Å²) in [6.45, 7) is 13.5. The van der Waals surface area contributed by atoms with Gasteiger partial charge in [-0.3, -0.25) is 4.79 Å². The Labute approximate surface area is 171 Å². The standard InChI is InChI=1S/C24H29NO2S/c1-23(2,3)17-9-15(10-18(13-17)24(4,5)6)21-12-16-11-19(28-14-22(26)27)7-8-20(16)25-21/h7-13,25H,14H2,1-6H3,(H,26,27). The van der Waals surface area contributed by atoms with E-state index < -0.39 is 5.97 Å². The van der Waals surface area contributed by atoms with Crippen LogP contribution in [-0.4, -0.2) is 21.8 Å². The average Bonchev–Trinajstić information content (AvgIpc) is 3.01. The van der Waals surface area contributed by atoms with Crippen LogP contribution in [0, 0.1) is 0 Å². The summed E-state index contributed by atoms with van der Waals surface area (Å²) in [6.07, 6.45) is 0. The quantitative estimate of drug-likeness (QED) is 0.489. The van der Waals surface area contributed by atoms with E-state index in [4.69, 9.17) is 5.11 Å². The van der Waals surface area contributed by atoms with E-state index in [-0.39, 0.29) is 16.6 Å². The summed E-state index contributed by atoms with van der Waals surface area (Å²) in [5, 5.41) is 10.00. The second-order valence-electron chi connectivity index (χ2n) is 9.41. The predicted octanol–water partition coefficient (Wildman–Crippen LogP) is 6.61. The molecule has 0 saturated heterocycles. The van der Waals surface area contributed by atoms with Crippen LogP contribution in [0.4, 0.5) is 0 Å². The van der Waals surface area contributed by atoms with Crippen molar-refractivity contribution < 1.29 is 9.90 Å². The second kappa shape index (κ2) is 7.32. The summed E-state index contributed by atoms with van der Waals surface area (Å²) in [5.41, 5.74) is 6.14. The van der Waals surface area contributed by atoms with Gasteiger partial charge in [0.25, 0.3) is 0 Å². The smallest absolute Gasteiger partial charge is 0.313 e. The Morgan fingerprint density at radius 2 is 1.54 bits per heavy atom. The Hall–Kier alpha value is -2.20. The number of carbonyl (C=O) groups is 1. The molecule has 3 rings (SSSR count). The van der Waals surface area contributed by atoms with E-state index in [0.717, 1.165) is 21.5 Å². The minimum absolute atomic E-state index is 0.0721. The van der Waals surface area contributed by atoms with Gasteiger partial charge in [0.2, 0.25) is 0 Å². The van der Waals surface area contributed by atoms with Crippen molar-refractivity contribution in [3.05, 3.63) is 53.6 Å². The van der Waals surface area contributed by atoms with Crippen molar-refractivity contribution in [3.63, 3.8) is 0 Å². The number of carboxylic acids is 1. The number of hydrogen-bond acceptors (Lipinski definition) is 2. The molecule has 0 amide bonds. The molecule has 0 aliphatic heterocycles. The van der Waals surface area contributed by atoms with Gasteiger partial charge in [-0.2, -0.15) is 0 Å². The molecule has 4 heteroatoms. The zero-order valence-electron chi connectivity index (χ0n) is 17.5. The summed E-state index contributed by atoms with van der Waals surface area (Å²) >= 11 is 1.35. The highest BCUT2D eigenvalue weighted by molar-refractivity contribution is 8.00. The molecule has 0 fully saturated rings. The number of carboxylic acid groups (broad SMARTS) is 1. The molecule has 0 atom stereocenters. The van der Waals surface area contributed by atoms with Crippen LogP contribution in [0.3, 0.4) is 0 Å². The topological polar surface area (TPSA) is 53.1 Å². The summed E-state index contributed by atoms with van der Waals surface area (Å²) in [7, 11) is 0. The van der Waals surface area contributed by atoms with E-state index in [1.54, 1.807) is 0 Å². The molecule has 3 aromatic rings. The molecule has 1 heterocycles. The fourth-order valence-corrected chi connectivity index (χ4v) is 3.81. The van der Waals surface area contributed by atoms with Crippen LogP contribution in [0.5, 0.6) is 0 Å². The van der Waals surface area contributed by atoms with E-state index in [1.807, 2.05) is 12.1 Å². The van der Waals surface area contributed by atoms with E-state index in [1.165, 1.54) is 28.5 Å². The largest absolute Gasteiger partial charge is 0.481 e. The fourth-order valence-electron chi connectivity index (χ4n) is 3.15. The fraction of sp³-hybridized carbons (Fsp3) is 0.375. The van der Waals surface area contributed by atoms with Crippen molar-refractivity contribution in [1.29, 1.82) is 0 Å². The third kappa shape index (κ3) is 4.61. The number of fused-ring (bicyclic) bond motifs is 1. The first-order valence-corrected chi connectivity index (χ1v) is 10.6. The van der Waals surface area contributed by atoms with Crippen molar-refractivity contribution in [2.24, 2.45) is 0 Å². The van der Waals surface area contributed by atoms with E-state index in [9.17, 15) is 4.79 Å². The molecular formula is C24H29NO2S. The van der Waals surface area contributed by atoms with Crippen LogP contribution in [0.2, 0.25) is 0 Å². The lowest BCUT2D eigenvalue weighted by Gasteiger charge is -2.26. The SMILES string of the molecule is CC(C)(C)c1cc(-c2cc3cc(SCC(=O)O)ccc3[nH]2)cc(C(C)(C)C)c1. The van der Waals surface area contributed by atoms with Gasteiger partial charge in [-0.25, -0.2) is 0 Å². The molecule has 0 spiro atoms. The van der Waals surface area contributed by atoms with Gasteiger partial charge >= 0.3 is 5.97 Å². The number of thioether (sulfide) groups is 1. The Balaban J connectivity index is 2.07. The summed E-state index contributed by atoms with van der Waals surface area (Å²) < 4.78 is 0. The maximum absolute atomic E-state index is 10.8. The number of aliphatic carboxylic acids is 1. The number of nitrogens with one attached hydrogen (secondary N) is 1. The van der Waals surface area contributed by atoms with Crippen LogP contribution in [0.1, 0.15) is 52.7 Å². The van der Waals surface area contributed by atoms with Gasteiger partial charge in [0.15, 0.2) is 0 Å². The summed E-state index contributed by atoms with van der Waals surface area (Å²) in [4.78, 5) is 15.3. The average molecular weight is 396 g/mol. The number of H-pyrrole nitrogens is 1. The molecule has 0 unspecified atom stereocenters. The van der Waals surface area contributed by atoms with Gasteiger partial charge in [-0.1, -0.05) is 47.6 Å². The van der Waals surface area contributed by atoms with Crippen molar-refractivity contribution >= 4 is 28.6 Å². The van der Waals surface area contributed by atoms with E-state index in [0.29, 0.717) is 0 Å². The highest BCUT2D eigenvalue weighted by Crippen LogP contribution is 2.35. The zero-order valence-corrected chi connectivity index (χ0v) is 18.3. The minimum Gasteiger partial charge on any atom is -0.481 e. The van der Waals surface area contributed by atoms with Crippen molar-refractivity contribution in [1.82, 2.24) is 4.98 Å². The number of hydrogen-bond donors (Lipinski definition) is 2. The monoisotopic (exact) mass is 395 g/mol. The van der Waals surface area contributed by atoms with Gasteiger partial charge in [0.1, 0.15) is 0 Å². The molecule has 0 saturated carbocycles. The second-order valence-corrected chi connectivity index (χ2v) is 10.5. The van der Waals surface area contributed by atoms with Crippen molar-refractivity contribution in [2.45, 2.75) is 57.3 Å². The summed E-state index contributed by atoms with van der Waals surface area (Å²) in [5.74, 6) is -0.723. The molecule has 148 valence electrons. The van der Waals surface area contributed by atoms with E-state index in [2.05, 4.69) is 76.9 Å². The first-order valence-electron chi connectivity index (χ1n) is 9.57. The highest BCUT2D eigenvalue weighted by atomic mass is 32.2. The Morgan fingerprint density at radius 1 is 0.929 bits per heavy atom. The first kappa shape index (κ1) is 20.5. The Morgan fingerprint density at radius 3 is 2.07 bits per heavy atom. The predicted molar refractivity (Wildman–Crippen MR) is 119 cm³/mol. The third-order valence-corrected chi connectivity index (χ3v) is 5.91. The van der Waals surface area contributed by atoms with Crippen molar-refractivity contribution in [2.75, 3.05) is 5.75 Å². The molecule has 0 bridgehead atoms. The highest BCUT2D eigenvalue weighted by Gasteiger charge is 2.21. The van der Waals surface area contributed by atoms with Gasteiger partial charge in [0.05, 0.1) is 5.75 Å². The number of rotatable bonds is 4. The number of aromatic nitrogens is 1. The van der Waals surface area contributed by atoms with Crippen LogP contribution in [-0.2, 0) is 15.6 Å². The molecular weight excluding hydrogens is 366 g/mol. The number of benzene rings is 2. The Kier molecular flexibility index (Phi) is 5.37. The minimum atomic E-state index is -0.798. The molecule has 0 aliphatic rings. The first-order chi connectivity index (χ1) is 12.9. The third-order valence-electron chi connectivity index (χ3n) is 4.93. The maximum Gasteiger partial charge on any atom is 0.313 e.